The average molecular weight is 940 g/mol. The SMILES string of the molecule is O=C1CC[C@H](N2C(=O)c3cccc(NCCN4CCN(CC5CCN(c6cc7nccc(Oc8ccc(NC(=O)C9(C(=O)Nc%10ccc(F)cc%10)CC9)cc8)c7cc6F)CC5)CC4)c3C2=O)C(=O)N1. The number of amides is 6. The van der Waals surface area contributed by atoms with Gasteiger partial charge in [0.15, 0.2) is 0 Å². The van der Waals surface area contributed by atoms with Crippen molar-refractivity contribution in [3.8, 4) is 11.5 Å². The highest BCUT2D eigenvalue weighted by Crippen LogP contribution is 2.48. The number of imide groups is 2. The number of pyridine rings is 1. The standard InChI is InChI=1S/C51H51F2N9O7/c52-32-4-6-33(7-5-32)56-49(67)51(17-18-51)50(68)57-34-8-10-35(11-9-34)69-43-14-19-54-40-29-42(38(53)28-37(40)43)61-21-15-31(16-22-61)30-60-26-24-59(25-27-60)23-20-55-39-3-1-2-36-45(39)48(66)62(47(36)65)41-12-13-44(63)58-46(41)64/h1-11,14,19,28-29,31,41,55H,12-13,15-18,20-27,30H2,(H,56,67)(H,57,68)(H,58,63,64)/t41-/m0/s1. The first-order chi connectivity index (χ1) is 33.4. The fraction of sp³-hybridized carbons (Fsp3) is 0.353. The van der Waals surface area contributed by atoms with Gasteiger partial charge in [-0.05, 0) is 117 Å². The van der Waals surface area contributed by atoms with Crippen molar-refractivity contribution in [2.24, 2.45) is 11.3 Å². The van der Waals surface area contributed by atoms with Gasteiger partial charge in [0.05, 0.1) is 22.3 Å². The van der Waals surface area contributed by atoms with E-state index in [1.807, 2.05) is 0 Å². The third kappa shape index (κ3) is 9.46. The lowest BCUT2D eigenvalue weighted by molar-refractivity contribution is -0.136. The van der Waals surface area contributed by atoms with E-state index in [2.05, 4.69) is 41.0 Å². The summed E-state index contributed by atoms with van der Waals surface area (Å²) in [6.45, 7) is 7.36. The van der Waals surface area contributed by atoms with Gasteiger partial charge >= 0.3 is 0 Å². The van der Waals surface area contributed by atoms with E-state index in [0.717, 1.165) is 70.1 Å². The number of aromatic nitrogens is 1. The summed E-state index contributed by atoms with van der Waals surface area (Å²) in [7, 11) is 0. The number of benzene rings is 4. The third-order valence-electron chi connectivity index (χ3n) is 14.0. The lowest BCUT2D eigenvalue weighted by Gasteiger charge is -2.39. The number of hydrogen-bond donors (Lipinski definition) is 4. The number of nitrogens with zero attached hydrogens (tertiary/aromatic N) is 5. The molecule has 4 fully saturated rings. The predicted molar refractivity (Wildman–Crippen MR) is 253 cm³/mol. The molecule has 4 N–H and O–H groups in total. The zero-order chi connectivity index (χ0) is 47.8. The second-order valence-electron chi connectivity index (χ2n) is 18.4. The summed E-state index contributed by atoms with van der Waals surface area (Å²) in [6.07, 6.45) is 4.47. The minimum Gasteiger partial charge on any atom is -0.457 e. The van der Waals surface area contributed by atoms with Crippen molar-refractivity contribution in [1.29, 1.82) is 0 Å². The van der Waals surface area contributed by atoms with Crippen LogP contribution in [-0.4, -0.2) is 120 Å². The van der Waals surface area contributed by atoms with Gasteiger partial charge in [-0.15, -0.1) is 0 Å². The van der Waals surface area contributed by atoms with Gasteiger partial charge in [-0.3, -0.25) is 48.9 Å². The molecule has 1 aromatic heterocycles. The van der Waals surface area contributed by atoms with Gasteiger partial charge < -0.3 is 30.5 Å². The molecule has 0 bridgehead atoms. The molecule has 6 amide bonds. The Kier molecular flexibility index (Phi) is 12.5. The van der Waals surface area contributed by atoms with Gasteiger partial charge in [-0.25, -0.2) is 8.78 Å². The zero-order valence-electron chi connectivity index (χ0n) is 37.8. The van der Waals surface area contributed by atoms with E-state index in [4.69, 9.17) is 4.74 Å². The molecule has 3 saturated heterocycles. The molecule has 1 atom stereocenters. The van der Waals surface area contributed by atoms with E-state index in [9.17, 15) is 33.2 Å². The molecule has 10 rings (SSSR count). The molecule has 4 aromatic carbocycles. The number of piperazine rings is 1. The first-order valence-electron chi connectivity index (χ1n) is 23.5. The second kappa shape index (κ2) is 19.0. The molecule has 356 valence electrons. The summed E-state index contributed by atoms with van der Waals surface area (Å²) in [4.78, 5) is 89.5. The highest BCUT2D eigenvalue weighted by molar-refractivity contribution is 6.25. The summed E-state index contributed by atoms with van der Waals surface area (Å²) in [5, 5.41) is 11.6. The number of carbonyl (C=O) groups excluding carboxylic acids is 6. The van der Waals surface area contributed by atoms with Crippen molar-refractivity contribution in [2.75, 3.05) is 79.8 Å². The monoisotopic (exact) mass is 939 g/mol. The quantitative estimate of drug-likeness (QED) is 0.0753. The van der Waals surface area contributed by atoms with Crippen LogP contribution in [0.5, 0.6) is 11.5 Å². The fourth-order valence-electron chi connectivity index (χ4n) is 9.84. The van der Waals surface area contributed by atoms with Crippen LogP contribution in [0.15, 0.2) is 91.1 Å². The Balaban J connectivity index is 0.671. The molecule has 1 aliphatic carbocycles. The molecule has 69 heavy (non-hydrogen) atoms. The molecule has 5 heterocycles. The minimum atomic E-state index is -1.20. The number of halogens is 2. The van der Waals surface area contributed by atoms with E-state index in [1.165, 1.54) is 30.3 Å². The van der Waals surface area contributed by atoms with Crippen LogP contribution in [0.4, 0.5) is 31.5 Å². The lowest BCUT2D eigenvalue weighted by atomic mass is 9.95. The maximum Gasteiger partial charge on any atom is 0.264 e. The van der Waals surface area contributed by atoms with Crippen molar-refractivity contribution in [3.05, 3.63) is 114 Å². The number of hydrogen-bond acceptors (Lipinski definition) is 12. The number of carbonyl (C=O) groups is 6. The van der Waals surface area contributed by atoms with E-state index in [-0.39, 0.29) is 29.8 Å². The third-order valence-corrected chi connectivity index (χ3v) is 14.0. The maximum absolute atomic E-state index is 15.9. The van der Waals surface area contributed by atoms with Crippen LogP contribution in [0.1, 0.15) is 59.2 Å². The summed E-state index contributed by atoms with van der Waals surface area (Å²) < 4.78 is 35.4. The maximum atomic E-state index is 15.9. The van der Waals surface area contributed by atoms with Gasteiger partial charge in [0, 0.05) is 94.0 Å². The molecular weight excluding hydrogens is 889 g/mol. The molecule has 0 radical (unpaired) electrons. The summed E-state index contributed by atoms with van der Waals surface area (Å²) in [5.41, 5.74) is 1.86. The van der Waals surface area contributed by atoms with E-state index < -0.39 is 52.7 Å². The normalized spacial score (nSPS) is 19.6. The van der Waals surface area contributed by atoms with Gasteiger partial charge in [0.1, 0.15) is 34.6 Å². The second-order valence-corrected chi connectivity index (χ2v) is 18.4. The van der Waals surface area contributed by atoms with Crippen LogP contribution in [0.25, 0.3) is 10.9 Å². The number of rotatable bonds is 14. The summed E-state index contributed by atoms with van der Waals surface area (Å²) >= 11 is 0. The number of anilines is 4. The van der Waals surface area contributed by atoms with Crippen LogP contribution in [0.2, 0.25) is 0 Å². The van der Waals surface area contributed by atoms with Crippen molar-refractivity contribution >= 4 is 69.1 Å². The van der Waals surface area contributed by atoms with E-state index >= 15 is 4.39 Å². The number of piperidine rings is 2. The van der Waals surface area contributed by atoms with Crippen LogP contribution >= 0.6 is 0 Å². The number of nitrogens with one attached hydrogen (secondary N) is 4. The topological polar surface area (TPSA) is 186 Å². The van der Waals surface area contributed by atoms with Crippen LogP contribution in [0.3, 0.4) is 0 Å². The molecule has 5 aliphatic rings. The molecule has 18 heteroatoms. The smallest absolute Gasteiger partial charge is 0.264 e. The van der Waals surface area contributed by atoms with E-state index in [0.29, 0.717) is 70.5 Å². The molecule has 5 aromatic rings. The Labute approximate surface area is 396 Å². The van der Waals surface area contributed by atoms with Crippen LogP contribution < -0.4 is 30.9 Å². The Morgan fingerprint density at radius 1 is 0.783 bits per heavy atom. The van der Waals surface area contributed by atoms with Crippen molar-refractivity contribution in [3.63, 3.8) is 0 Å². The molecule has 1 saturated carbocycles. The van der Waals surface area contributed by atoms with Gasteiger partial charge in [0.2, 0.25) is 23.6 Å². The summed E-state index contributed by atoms with van der Waals surface area (Å²) in [5.74, 6) is -2.37. The zero-order valence-corrected chi connectivity index (χ0v) is 37.8. The van der Waals surface area contributed by atoms with Crippen LogP contribution in [-0.2, 0) is 19.2 Å². The lowest BCUT2D eigenvalue weighted by Crippen LogP contribution is -2.54. The minimum absolute atomic E-state index is 0.0662. The fourth-order valence-corrected chi connectivity index (χ4v) is 9.84. The Hall–Kier alpha value is -7.31. The van der Waals surface area contributed by atoms with E-state index in [1.54, 1.807) is 60.8 Å². The number of fused-ring (bicyclic) bond motifs is 2. The van der Waals surface area contributed by atoms with Crippen molar-refractivity contribution in [2.45, 2.75) is 44.6 Å². The van der Waals surface area contributed by atoms with Crippen molar-refractivity contribution in [1.82, 2.24) is 25.0 Å². The van der Waals surface area contributed by atoms with Gasteiger partial charge in [0.25, 0.3) is 11.8 Å². The Morgan fingerprint density at radius 3 is 2.14 bits per heavy atom. The molecule has 0 spiro atoms. The Morgan fingerprint density at radius 2 is 1.46 bits per heavy atom. The Bertz CT molecular complexity index is 2840. The summed E-state index contributed by atoms with van der Waals surface area (Å²) in [6, 6.07) is 21.1. The predicted octanol–water partition coefficient (Wildman–Crippen LogP) is 6.01. The van der Waals surface area contributed by atoms with Gasteiger partial charge in [-0.2, -0.15) is 0 Å². The first kappa shape index (κ1) is 45.5. The first-order valence-corrected chi connectivity index (χ1v) is 23.5. The molecule has 16 nitrogen and oxygen atoms in total. The highest BCUT2D eigenvalue weighted by atomic mass is 19.1. The molecule has 4 aliphatic heterocycles. The molecule has 0 unspecified atom stereocenters. The highest BCUT2D eigenvalue weighted by Gasteiger charge is 2.56. The average Bonchev–Trinajstić information content (AvgIpc) is 4.13. The van der Waals surface area contributed by atoms with Crippen molar-refractivity contribution < 1.29 is 42.3 Å². The largest absolute Gasteiger partial charge is 0.457 e. The van der Waals surface area contributed by atoms with Crippen LogP contribution in [0, 0.1) is 23.0 Å². The number of ether oxygens (including phenoxy) is 1. The van der Waals surface area contributed by atoms with Gasteiger partial charge in [-0.1, -0.05) is 6.07 Å². The molecular formula is C51H51F2N9O7.